The lowest BCUT2D eigenvalue weighted by atomic mass is 9.95. The highest BCUT2D eigenvalue weighted by molar-refractivity contribution is 9.09. The van der Waals surface area contributed by atoms with Crippen molar-refractivity contribution in [3.8, 4) is 0 Å². The molecule has 1 aliphatic carbocycles. The molecule has 0 radical (unpaired) electrons. The Balaban J connectivity index is 2.23. The van der Waals surface area contributed by atoms with E-state index >= 15 is 0 Å². The van der Waals surface area contributed by atoms with Gasteiger partial charge < -0.3 is 0 Å². The van der Waals surface area contributed by atoms with Gasteiger partial charge in [-0.2, -0.15) is 4.31 Å². The maximum Gasteiger partial charge on any atom is 0.252 e. The standard InChI is InChI=1S/C12H18BrNO2S2/c13-8-9-14(11-5-2-1-3-6-11)18(15,16)12-7-4-10-17-12/h4,7,10-11H,1-3,5-6,8-9H2. The first-order valence-corrected chi connectivity index (χ1v) is 9.71. The molecule has 0 amide bonds. The van der Waals surface area contributed by atoms with Crippen LogP contribution in [-0.4, -0.2) is 30.6 Å². The molecule has 102 valence electrons. The van der Waals surface area contributed by atoms with Crippen LogP contribution in [0.25, 0.3) is 0 Å². The van der Waals surface area contributed by atoms with E-state index < -0.39 is 10.0 Å². The Kier molecular flexibility index (Phi) is 5.24. The van der Waals surface area contributed by atoms with Gasteiger partial charge in [0.15, 0.2) is 0 Å². The van der Waals surface area contributed by atoms with Crippen LogP contribution in [-0.2, 0) is 10.0 Å². The minimum absolute atomic E-state index is 0.184. The highest BCUT2D eigenvalue weighted by Crippen LogP contribution is 2.29. The van der Waals surface area contributed by atoms with Gasteiger partial charge in [-0.3, -0.25) is 0 Å². The zero-order chi connectivity index (χ0) is 13.0. The summed E-state index contributed by atoms with van der Waals surface area (Å²) in [5, 5.41) is 2.51. The van der Waals surface area contributed by atoms with Gasteiger partial charge in [0.1, 0.15) is 4.21 Å². The van der Waals surface area contributed by atoms with E-state index in [-0.39, 0.29) is 6.04 Å². The fourth-order valence-electron chi connectivity index (χ4n) is 2.48. The zero-order valence-corrected chi connectivity index (χ0v) is 13.4. The van der Waals surface area contributed by atoms with Crippen LogP contribution in [0.1, 0.15) is 32.1 Å². The molecule has 1 aromatic rings. The maximum atomic E-state index is 12.6. The third-order valence-electron chi connectivity index (χ3n) is 3.34. The maximum absolute atomic E-state index is 12.6. The third kappa shape index (κ3) is 3.15. The van der Waals surface area contributed by atoms with Crippen molar-refractivity contribution >= 4 is 37.3 Å². The minimum atomic E-state index is -3.30. The van der Waals surface area contributed by atoms with E-state index in [1.54, 1.807) is 16.4 Å². The van der Waals surface area contributed by atoms with E-state index in [4.69, 9.17) is 0 Å². The topological polar surface area (TPSA) is 37.4 Å². The highest BCUT2D eigenvalue weighted by Gasteiger charge is 2.32. The molecule has 2 rings (SSSR count). The van der Waals surface area contributed by atoms with Gasteiger partial charge in [-0.25, -0.2) is 8.42 Å². The van der Waals surface area contributed by atoms with Gasteiger partial charge in [-0.05, 0) is 24.3 Å². The summed E-state index contributed by atoms with van der Waals surface area (Å²) in [6, 6.07) is 3.68. The van der Waals surface area contributed by atoms with E-state index in [9.17, 15) is 8.42 Å². The molecule has 1 aliphatic rings. The summed E-state index contributed by atoms with van der Waals surface area (Å²) in [5.41, 5.74) is 0. The van der Waals surface area contributed by atoms with E-state index in [0.717, 1.165) is 25.7 Å². The number of sulfonamides is 1. The van der Waals surface area contributed by atoms with Crippen molar-refractivity contribution in [1.82, 2.24) is 4.31 Å². The molecular formula is C12H18BrNO2S2. The molecule has 1 heterocycles. The number of hydrogen-bond acceptors (Lipinski definition) is 3. The van der Waals surface area contributed by atoms with E-state index in [1.807, 2.05) is 5.38 Å². The molecule has 0 unspecified atom stereocenters. The van der Waals surface area contributed by atoms with Gasteiger partial charge in [0, 0.05) is 17.9 Å². The number of halogens is 1. The smallest absolute Gasteiger partial charge is 0.206 e. The Hall–Kier alpha value is 0.0900. The summed E-state index contributed by atoms with van der Waals surface area (Å²) in [6.45, 7) is 0.560. The van der Waals surface area contributed by atoms with Crippen molar-refractivity contribution in [3.63, 3.8) is 0 Å². The van der Waals surface area contributed by atoms with Crippen LogP contribution in [0.2, 0.25) is 0 Å². The van der Waals surface area contributed by atoms with Crippen LogP contribution in [0, 0.1) is 0 Å². The second kappa shape index (κ2) is 6.50. The molecule has 0 spiro atoms. The van der Waals surface area contributed by atoms with Crippen LogP contribution in [0.5, 0.6) is 0 Å². The molecule has 0 aliphatic heterocycles. The predicted molar refractivity (Wildman–Crippen MR) is 78.9 cm³/mol. The largest absolute Gasteiger partial charge is 0.252 e. The van der Waals surface area contributed by atoms with Gasteiger partial charge >= 0.3 is 0 Å². The summed E-state index contributed by atoms with van der Waals surface area (Å²) in [4.78, 5) is 0. The summed E-state index contributed by atoms with van der Waals surface area (Å²) in [7, 11) is -3.30. The number of nitrogens with zero attached hydrogens (tertiary/aromatic N) is 1. The van der Waals surface area contributed by atoms with Crippen molar-refractivity contribution in [1.29, 1.82) is 0 Å². The normalized spacial score (nSPS) is 18.3. The molecular weight excluding hydrogens is 334 g/mol. The summed E-state index contributed by atoms with van der Waals surface area (Å²) >= 11 is 4.67. The highest BCUT2D eigenvalue weighted by atomic mass is 79.9. The van der Waals surface area contributed by atoms with Crippen molar-refractivity contribution in [3.05, 3.63) is 17.5 Å². The van der Waals surface area contributed by atoms with Crippen LogP contribution >= 0.6 is 27.3 Å². The molecule has 1 fully saturated rings. The van der Waals surface area contributed by atoms with E-state index in [0.29, 0.717) is 16.1 Å². The molecule has 0 N–H and O–H groups in total. The zero-order valence-electron chi connectivity index (χ0n) is 10.2. The first-order valence-electron chi connectivity index (χ1n) is 6.27. The van der Waals surface area contributed by atoms with Gasteiger partial charge in [0.05, 0.1) is 0 Å². The monoisotopic (exact) mass is 351 g/mol. The van der Waals surface area contributed by atoms with Crippen LogP contribution < -0.4 is 0 Å². The van der Waals surface area contributed by atoms with Crippen LogP contribution in [0.4, 0.5) is 0 Å². The summed E-state index contributed by atoms with van der Waals surface area (Å²) in [5.74, 6) is 0. The number of alkyl halides is 1. The van der Waals surface area contributed by atoms with Crippen LogP contribution in [0.3, 0.4) is 0 Å². The van der Waals surface area contributed by atoms with Gasteiger partial charge in [-0.1, -0.05) is 41.3 Å². The molecule has 3 nitrogen and oxygen atoms in total. The molecule has 6 heteroatoms. The molecule has 0 saturated heterocycles. The number of hydrogen-bond donors (Lipinski definition) is 0. The van der Waals surface area contributed by atoms with Crippen LogP contribution in [0.15, 0.2) is 21.7 Å². The molecule has 1 saturated carbocycles. The van der Waals surface area contributed by atoms with Gasteiger partial charge in [-0.15, -0.1) is 11.3 Å². The first kappa shape index (κ1) is 14.5. The third-order valence-corrected chi connectivity index (χ3v) is 7.02. The Morgan fingerprint density at radius 2 is 2.06 bits per heavy atom. The average molecular weight is 352 g/mol. The SMILES string of the molecule is O=S(=O)(c1cccs1)N(CCBr)C1CCCCC1. The average Bonchev–Trinajstić information content (AvgIpc) is 2.91. The van der Waals surface area contributed by atoms with Crippen molar-refractivity contribution in [2.75, 3.05) is 11.9 Å². The van der Waals surface area contributed by atoms with Crippen molar-refractivity contribution < 1.29 is 8.42 Å². The van der Waals surface area contributed by atoms with Gasteiger partial charge in [0.2, 0.25) is 0 Å². The molecule has 0 atom stereocenters. The Morgan fingerprint density at radius 3 is 2.61 bits per heavy atom. The fraction of sp³-hybridized carbons (Fsp3) is 0.667. The lowest BCUT2D eigenvalue weighted by Crippen LogP contribution is -2.42. The first-order chi connectivity index (χ1) is 8.66. The van der Waals surface area contributed by atoms with Crippen molar-refractivity contribution in [2.24, 2.45) is 0 Å². The summed E-state index contributed by atoms with van der Waals surface area (Å²) < 4.78 is 27.4. The van der Waals surface area contributed by atoms with Crippen molar-refractivity contribution in [2.45, 2.75) is 42.4 Å². The fourth-order valence-corrected chi connectivity index (χ4v) is 5.90. The predicted octanol–water partition coefficient (Wildman–Crippen LogP) is 3.47. The molecule has 18 heavy (non-hydrogen) atoms. The molecule has 0 bridgehead atoms. The molecule has 1 aromatic heterocycles. The quantitative estimate of drug-likeness (QED) is 0.761. The second-order valence-corrected chi connectivity index (χ2v) is 8.39. The van der Waals surface area contributed by atoms with E-state index in [2.05, 4.69) is 15.9 Å². The minimum Gasteiger partial charge on any atom is -0.206 e. The lowest BCUT2D eigenvalue weighted by molar-refractivity contribution is 0.263. The summed E-state index contributed by atoms with van der Waals surface area (Å²) in [6.07, 6.45) is 5.51. The lowest BCUT2D eigenvalue weighted by Gasteiger charge is -2.32. The number of rotatable bonds is 5. The number of thiophene rings is 1. The Bertz CT molecular complexity index is 452. The van der Waals surface area contributed by atoms with E-state index in [1.165, 1.54) is 17.8 Å². The Labute approximate surface area is 121 Å². The second-order valence-electron chi connectivity index (χ2n) is 4.53. The molecule has 0 aromatic carbocycles. The Morgan fingerprint density at radius 1 is 1.33 bits per heavy atom. The van der Waals surface area contributed by atoms with Gasteiger partial charge in [0.25, 0.3) is 10.0 Å².